The quantitative estimate of drug-likeness (QED) is 0.153. The molecule has 0 unspecified atom stereocenters. The third kappa shape index (κ3) is 7.54. The molecule has 0 bridgehead atoms. The Bertz CT molecular complexity index is 1610. The number of halogens is 4. The van der Waals surface area contributed by atoms with Gasteiger partial charge in [0.15, 0.2) is 11.6 Å². The largest absolute Gasteiger partial charge is 0.494 e. The monoisotopic (exact) mass is 726 g/mol. The van der Waals surface area contributed by atoms with Crippen molar-refractivity contribution in [2.45, 2.75) is 30.9 Å². The van der Waals surface area contributed by atoms with Gasteiger partial charge in [0.05, 0.1) is 6.61 Å². The van der Waals surface area contributed by atoms with E-state index >= 15 is 0 Å². The molecule has 0 radical (unpaired) electrons. The summed E-state index contributed by atoms with van der Waals surface area (Å²) in [4.78, 5) is 19.3. The number of carbonyl (C=O) groups excluding carboxylic acids is 1. The Hall–Kier alpha value is -3.60. The molecule has 0 aliphatic carbocycles. The predicted molar refractivity (Wildman–Crippen MR) is 172 cm³/mol. The molecule has 1 aliphatic heterocycles. The molecule has 2 N–H and O–H groups in total. The van der Waals surface area contributed by atoms with E-state index in [0.29, 0.717) is 35.8 Å². The van der Waals surface area contributed by atoms with E-state index in [2.05, 4.69) is 37.2 Å². The van der Waals surface area contributed by atoms with E-state index in [4.69, 9.17) is 19.6 Å². The van der Waals surface area contributed by atoms with Gasteiger partial charge in [0, 0.05) is 46.6 Å². The molecular weight excluding hydrogens is 698 g/mol. The number of nitrogens with zero attached hydrogens (tertiary/aromatic N) is 1. The number of aliphatic hydroxyl groups is 1. The first-order chi connectivity index (χ1) is 21.3. The van der Waals surface area contributed by atoms with Crippen LogP contribution in [0.1, 0.15) is 34.8 Å². The Morgan fingerprint density at radius 2 is 1.68 bits per heavy atom. The first-order valence-corrected chi connectivity index (χ1v) is 15.7. The Labute approximate surface area is 271 Å². The first kappa shape index (κ1) is 31.8. The molecule has 1 amide bonds. The van der Waals surface area contributed by atoms with Crippen LogP contribution in [0.3, 0.4) is 0 Å². The highest BCUT2D eigenvalue weighted by molar-refractivity contribution is 9.10. The number of amides is 1. The standard InChI is InChI=1S/C34H30Br2F2N2O4/c35-26-10-6-23(7-11-26)31-34(21-25-4-1-2-5-30(25)36,33(42)39-15-14-22-18-27(37)20-28(38)19-22)40-32(44-31)24-8-12-29(13-9-24)43-17-3-16-41/h1-2,4-13,18-20,31,41H,3,14-17,21H2,(H,39,42)/t31-,34-/m1/s1. The maximum atomic E-state index is 14.3. The summed E-state index contributed by atoms with van der Waals surface area (Å²) >= 11 is 7.11. The van der Waals surface area contributed by atoms with Crippen LogP contribution in [0.4, 0.5) is 8.78 Å². The number of aliphatic imine (C=N–C) groups is 1. The van der Waals surface area contributed by atoms with Crippen LogP contribution < -0.4 is 10.1 Å². The van der Waals surface area contributed by atoms with E-state index in [9.17, 15) is 13.6 Å². The molecule has 6 nitrogen and oxygen atoms in total. The molecule has 44 heavy (non-hydrogen) atoms. The van der Waals surface area contributed by atoms with E-state index in [0.717, 1.165) is 26.1 Å². The highest BCUT2D eigenvalue weighted by atomic mass is 79.9. The molecule has 0 saturated carbocycles. The van der Waals surface area contributed by atoms with Crippen LogP contribution in [0, 0.1) is 11.6 Å². The van der Waals surface area contributed by atoms with Gasteiger partial charge in [-0.1, -0.05) is 62.2 Å². The van der Waals surface area contributed by atoms with E-state index in [-0.39, 0.29) is 31.9 Å². The van der Waals surface area contributed by atoms with Crippen LogP contribution in [0.5, 0.6) is 5.75 Å². The summed E-state index contributed by atoms with van der Waals surface area (Å²) in [6.07, 6.45) is 0.169. The van der Waals surface area contributed by atoms with Crippen LogP contribution >= 0.6 is 31.9 Å². The second-order valence-electron chi connectivity index (χ2n) is 10.4. The van der Waals surface area contributed by atoms with E-state index in [1.807, 2.05) is 60.7 Å². The summed E-state index contributed by atoms with van der Waals surface area (Å²) in [5.74, 6) is -0.784. The van der Waals surface area contributed by atoms with Crippen LogP contribution in [0.2, 0.25) is 0 Å². The highest BCUT2D eigenvalue weighted by Crippen LogP contribution is 2.43. The molecule has 5 rings (SSSR count). The number of hydrogen-bond acceptors (Lipinski definition) is 5. The smallest absolute Gasteiger partial charge is 0.252 e. The zero-order chi connectivity index (χ0) is 31.1. The number of rotatable bonds is 12. The summed E-state index contributed by atoms with van der Waals surface area (Å²) in [6, 6.07) is 25.7. The minimum atomic E-state index is -1.42. The molecule has 0 saturated heterocycles. The van der Waals surface area contributed by atoms with Crippen molar-refractivity contribution < 1.29 is 28.2 Å². The second kappa shape index (κ2) is 14.5. The van der Waals surface area contributed by atoms with Gasteiger partial charge in [0.2, 0.25) is 5.90 Å². The first-order valence-electron chi connectivity index (χ1n) is 14.1. The fourth-order valence-corrected chi connectivity index (χ4v) is 5.77. The summed E-state index contributed by atoms with van der Waals surface area (Å²) < 4.78 is 41.5. The van der Waals surface area contributed by atoms with Crippen LogP contribution in [0.15, 0.2) is 105 Å². The van der Waals surface area contributed by atoms with E-state index in [1.165, 1.54) is 12.1 Å². The highest BCUT2D eigenvalue weighted by Gasteiger charge is 2.53. The molecule has 2 atom stereocenters. The zero-order valence-electron chi connectivity index (χ0n) is 23.6. The molecule has 0 aromatic heterocycles. The van der Waals surface area contributed by atoms with Gasteiger partial charge < -0.3 is 19.9 Å². The Kier molecular flexibility index (Phi) is 10.5. The number of benzene rings is 4. The van der Waals surface area contributed by atoms with Crippen LogP contribution in [-0.4, -0.2) is 42.2 Å². The maximum absolute atomic E-state index is 14.3. The summed E-state index contributed by atoms with van der Waals surface area (Å²) in [5.41, 5.74) is 1.29. The molecule has 1 heterocycles. The molecule has 4 aromatic rings. The lowest BCUT2D eigenvalue weighted by Crippen LogP contribution is -2.50. The average molecular weight is 728 g/mol. The topological polar surface area (TPSA) is 80.2 Å². The van der Waals surface area contributed by atoms with Crippen molar-refractivity contribution in [2.75, 3.05) is 19.8 Å². The molecule has 10 heteroatoms. The van der Waals surface area contributed by atoms with Gasteiger partial charge in [-0.25, -0.2) is 13.8 Å². The lowest BCUT2D eigenvalue weighted by molar-refractivity contribution is -0.128. The van der Waals surface area contributed by atoms with Crippen LogP contribution in [-0.2, 0) is 22.4 Å². The van der Waals surface area contributed by atoms with Crippen molar-refractivity contribution in [2.24, 2.45) is 4.99 Å². The molecule has 1 aliphatic rings. The maximum Gasteiger partial charge on any atom is 0.252 e. The number of aliphatic hydroxyl groups excluding tert-OH is 1. The third-order valence-electron chi connectivity index (χ3n) is 7.24. The fourth-order valence-electron chi connectivity index (χ4n) is 5.08. The van der Waals surface area contributed by atoms with Crippen molar-refractivity contribution in [1.29, 1.82) is 0 Å². The molecule has 0 spiro atoms. The minimum Gasteiger partial charge on any atom is -0.494 e. The van der Waals surface area contributed by atoms with Gasteiger partial charge in [-0.3, -0.25) is 4.79 Å². The van der Waals surface area contributed by atoms with Crippen molar-refractivity contribution in [3.63, 3.8) is 0 Å². The Balaban J connectivity index is 1.52. The Morgan fingerprint density at radius 3 is 2.36 bits per heavy atom. The van der Waals surface area contributed by atoms with Gasteiger partial charge in [-0.15, -0.1) is 0 Å². The minimum absolute atomic E-state index is 0.0426. The van der Waals surface area contributed by atoms with Gasteiger partial charge in [-0.05, 0) is 77.7 Å². The normalized spacial score (nSPS) is 17.6. The van der Waals surface area contributed by atoms with Crippen molar-refractivity contribution in [1.82, 2.24) is 5.32 Å². The van der Waals surface area contributed by atoms with Gasteiger partial charge in [0.1, 0.15) is 17.4 Å². The lowest BCUT2D eigenvalue weighted by atomic mass is 9.82. The molecule has 0 fully saturated rings. The third-order valence-corrected chi connectivity index (χ3v) is 8.54. The SMILES string of the molecule is O=C(NCCc1cc(F)cc(F)c1)[C@]1(Cc2ccccc2Br)N=C(c2ccc(OCCCO)cc2)O[C@@H]1c1ccc(Br)cc1. The van der Waals surface area contributed by atoms with Gasteiger partial charge >= 0.3 is 0 Å². The zero-order valence-corrected chi connectivity index (χ0v) is 26.8. The summed E-state index contributed by atoms with van der Waals surface area (Å²) in [7, 11) is 0. The van der Waals surface area contributed by atoms with Crippen molar-refractivity contribution in [3.8, 4) is 5.75 Å². The number of hydrogen-bond donors (Lipinski definition) is 2. The van der Waals surface area contributed by atoms with E-state index < -0.39 is 23.3 Å². The second-order valence-corrected chi connectivity index (χ2v) is 12.2. The molecular formula is C34H30Br2F2N2O4. The number of ether oxygens (including phenoxy) is 2. The summed E-state index contributed by atoms with van der Waals surface area (Å²) in [5, 5.41) is 12.0. The van der Waals surface area contributed by atoms with Crippen molar-refractivity contribution >= 4 is 43.7 Å². The Morgan fingerprint density at radius 1 is 0.977 bits per heavy atom. The number of carbonyl (C=O) groups is 1. The van der Waals surface area contributed by atoms with Gasteiger partial charge in [0.25, 0.3) is 5.91 Å². The van der Waals surface area contributed by atoms with Crippen molar-refractivity contribution in [3.05, 3.63) is 134 Å². The summed E-state index contributed by atoms with van der Waals surface area (Å²) in [6.45, 7) is 0.564. The lowest BCUT2D eigenvalue weighted by Gasteiger charge is -2.31. The molecule has 4 aromatic carbocycles. The van der Waals surface area contributed by atoms with Crippen LogP contribution in [0.25, 0.3) is 0 Å². The fraction of sp³-hybridized carbons (Fsp3) is 0.235. The van der Waals surface area contributed by atoms with Gasteiger partial charge in [-0.2, -0.15) is 0 Å². The van der Waals surface area contributed by atoms with E-state index in [1.54, 1.807) is 12.1 Å². The molecule has 228 valence electrons. The predicted octanol–water partition coefficient (Wildman–Crippen LogP) is 7.11. The number of nitrogens with one attached hydrogen (secondary N) is 1. The average Bonchev–Trinajstić information content (AvgIpc) is 3.39.